The SMILES string of the molecule is CN=C(NCCC12CC3CC(CC(C3)C1)C2)NC(C)CCS(C)(=O)=O. The first-order valence-electron chi connectivity index (χ1n) is 9.92. The minimum Gasteiger partial charge on any atom is -0.356 e. The molecule has 0 aromatic carbocycles. The molecule has 4 bridgehead atoms. The van der Waals surface area contributed by atoms with Crippen molar-refractivity contribution in [3.63, 3.8) is 0 Å². The van der Waals surface area contributed by atoms with E-state index in [1.807, 2.05) is 6.92 Å². The Morgan fingerprint density at radius 1 is 1.16 bits per heavy atom. The number of hydrogen-bond acceptors (Lipinski definition) is 3. The molecule has 0 heterocycles. The summed E-state index contributed by atoms with van der Waals surface area (Å²) >= 11 is 0. The van der Waals surface area contributed by atoms with Crippen molar-refractivity contribution in [3.05, 3.63) is 0 Å². The maximum atomic E-state index is 11.3. The van der Waals surface area contributed by atoms with E-state index in [0.29, 0.717) is 11.8 Å². The predicted molar refractivity (Wildman–Crippen MR) is 104 cm³/mol. The topological polar surface area (TPSA) is 70.6 Å². The fraction of sp³-hybridized carbons (Fsp3) is 0.947. The zero-order chi connectivity index (χ0) is 18.1. The van der Waals surface area contributed by atoms with Gasteiger partial charge in [0.15, 0.2) is 5.96 Å². The lowest BCUT2D eigenvalue weighted by molar-refractivity contribution is -0.0562. The fourth-order valence-corrected chi connectivity index (χ4v) is 6.72. The molecular formula is C19H35N3O2S. The van der Waals surface area contributed by atoms with E-state index in [2.05, 4.69) is 15.6 Å². The van der Waals surface area contributed by atoms with Gasteiger partial charge in [-0.1, -0.05) is 0 Å². The van der Waals surface area contributed by atoms with Gasteiger partial charge in [0, 0.05) is 25.9 Å². The molecule has 4 saturated carbocycles. The van der Waals surface area contributed by atoms with Crippen LogP contribution in [0.1, 0.15) is 58.3 Å². The summed E-state index contributed by atoms with van der Waals surface area (Å²) in [5, 5.41) is 6.78. The lowest BCUT2D eigenvalue weighted by Crippen LogP contribution is -2.48. The summed E-state index contributed by atoms with van der Waals surface area (Å²) in [6.45, 7) is 2.97. The second-order valence-electron chi connectivity index (χ2n) is 9.13. The molecule has 4 fully saturated rings. The van der Waals surface area contributed by atoms with Crippen molar-refractivity contribution >= 4 is 15.8 Å². The fourth-order valence-electron chi connectivity index (χ4n) is 5.93. The summed E-state index contributed by atoms with van der Waals surface area (Å²) in [6.07, 6.45) is 11.9. The number of nitrogens with zero attached hydrogens (tertiary/aromatic N) is 1. The maximum Gasteiger partial charge on any atom is 0.191 e. The van der Waals surface area contributed by atoms with Gasteiger partial charge in [0.1, 0.15) is 9.84 Å². The second-order valence-corrected chi connectivity index (χ2v) is 11.4. The van der Waals surface area contributed by atoms with Crippen LogP contribution in [0.2, 0.25) is 0 Å². The molecule has 4 aliphatic carbocycles. The molecule has 0 aromatic rings. The van der Waals surface area contributed by atoms with Gasteiger partial charge < -0.3 is 10.6 Å². The van der Waals surface area contributed by atoms with Crippen molar-refractivity contribution in [2.75, 3.05) is 25.6 Å². The lowest BCUT2D eigenvalue weighted by atomic mass is 9.49. The molecule has 2 N–H and O–H groups in total. The molecule has 6 heteroatoms. The number of guanidine groups is 1. The van der Waals surface area contributed by atoms with Crippen LogP contribution in [0.5, 0.6) is 0 Å². The molecule has 1 unspecified atom stereocenters. The van der Waals surface area contributed by atoms with Gasteiger partial charge >= 0.3 is 0 Å². The molecule has 0 saturated heterocycles. The number of hydrogen-bond donors (Lipinski definition) is 2. The lowest BCUT2D eigenvalue weighted by Gasteiger charge is -2.57. The molecule has 25 heavy (non-hydrogen) atoms. The Morgan fingerprint density at radius 2 is 1.72 bits per heavy atom. The van der Waals surface area contributed by atoms with Gasteiger partial charge in [0.25, 0.3) is 0 Å². The molecule has 4 aliphatic rings. The Morgan fingerprint density at radius 3 is 2.20 bits per heavy atom. The van der Waals surface area contributed by atoms with E-state index in [-0.39, 0.29) is 11.8 Å². The average Bonchev–Trinajstić information content (AvgIpc) is 2.50. The maximum absolute atomic E-state index is 11.3. The summed E-state index contributed by atoms with van der Waals surface area (Å²) in [4.78, 5) is 4.30. The van der Waals surface area contributed by atoms with E-state index in [1.165, 1.54) is 51.2 Å². The Hall–Kier alpha value is -0.780. The Balaban J connectivity index is 1.43. The van der Waals surface area contributed by atoms with E-state index in [9.17, 15) is 8.42 Å². The zero-order valence-corrected chi connectivity index (χ0v) is 16.9. The molecule has 0 amide bonds. The van der Waals surface area contributed by atoms with Crippen molar-refractivity contribution in [2.24, 2.45) is 28.2 Å². The van der Waals surface area contributed by atoms with E-state index >= 15 is 0 Å². The van der Waals surface area contributed by atoms with Crippen molar-refractivity contribution in [3.8, 4) is 0 Å². The third-order valence-corrected chi connectivity index (χ3v) is 7.62. The Kier molecular flexibility index (Phi) is 5.66. The molecule has 0 radical (unpaired) electrons. The van der Waals surface area contributed by atoms with Crippen LogP contribution in [-0.2, 0) is 9.84 Å². The highest BCUT2D eigenvalue weighted by atomic mass is 32.2. The largest absolute Gasteiger partial charge is 0.356 e. The van der Waals surface area contributed by atoms with Gasteiger partial charge in [-0.3, -0.25) is 4.99 Å². The van der Waals surface area contributed by atoms with E-state index in [0.717, 1.165) is 30.3 Å². The zero-order valence-electron chi connectivity index (χ0n) is 16.1. The van der Waals surface area contributed by atoms with Crippen molar-refractivity contribution in [1.82, 2.24) is 10.6 Å². The normalized spacial score (nSPS) is 35.6. The van der Waals surface area contributed by atoms with Crippen LogP contribution in [0.15, 0.2) is 4.99 Å². The number of aliphatic imine (C=N–C) groups is 1. The predicted octanol–water partition coefficient (Wildman–Crippen LogP) is 2.58. The quantitative estimate of drug-likeness (QED) is 0.534. The van der Waals surface area contributed by atoms with Crippen molar-refractivity contribution in [2.45, 2.75) is 64.3 Å². The Bertz CT molecular complexity index is 565. The van der Waals surface area contributed by atoms with Crippen molar-refractivity contribution < 1.29 is 8.42 Å². The van der Waals surface area contributed by atoms with Gasteiger partial charge in [-0.2, -0.15) is 0 Å². The minimum absolute atomic E-state index is 0.0977. The van der Waals surface area contributed by atoms with Crippen LogP contribution < -0.4 is 10.6 Å². The first-order chi connectivity index (χ1) is 11.8. The molecule has 0 aromatic heterocycles. The third kappa shape index (κ3) is 5.11. The van der Waals surface area contributed by atoms with Crippen LogP contribution in [0.3, 0.4) is 0 Å². The Labute approximate surface area is 153 Å². The number of rotatable bonds is 7. The molecule has 1 atom stereocenters. The number of sulfone groups is 1. The summed E-state index contributed by atoms with van der Waals surface area (Å²) in [6, 6.07) is 0.0977. The van der Waals surface area contributed by atoms with Crippen LogP contribution in [0.25, 0.3) is 0 Å². The van der Waals surface area contributed by atoms with Crippen LogP contribution in [0.4, 0.5) is 0 Å². The molecule has 5 nitrogen and oxygen atoms in total. The molecular weight excluding hydrogens is 334 g/mol. The van der Waals surface area contributed by atoms with Gasteiger partial charge in [-0.25, -0.2) is 8.42 Å². The monoisotopic (exact) mass is 369 g/mol. The molecule has 4 rings (SSSR count). The highest BCUT2D eigenvalue weighted by Crippen LogP contribution is 2.61. The summed E-state index contributed by atoms with van der Waals surface area (Å²) < 4.78 is 22.6. The number of nitrogens with one attached hydrogen (secondary N) is 2. The van der Waals surface area contributed by atoms with Gasteiger partial charge in [0.05, 0.1) is 5.75 Å². The second kappa shape index (κ2) is 7.45. The molecule has 0 spiro atoms. The van der Waals surface area contributed by atoms with Crippen LogP contribution >= 0.6 is 0 Å². The summed E-state index contributed by atoms with van der Waals surface area (Å²) in [5.74, 6) is 4.01. The summed E-state index contributed by atoms with van der Waals surface area (Å²) in [7, 11) is -1.12. The van der Waals surface area contributed by atoms with Crippen LogP contribution in [0, 0.1) is 23.2 Å². The van der Waals surface area contributed by atoms with Gasteiger partial charge in [0.2, 0.25) is 0 Å². The van der Waals surface area contributed by atoms with E-state index in [4.69, 9.17) is 0 Å². The van der Waals surface area contributed by atoms with E-state index < -0.39 is 9.84 Å². The minimum atomic E-state index is -2.90. The van der Waals surface area contributed by atoms with Gasteiger partial charge in [-0.15, -0.1) is 0 Å². The molecule has 0 aliphatic heterocycles. The first kappa shape index (κ1) is 19.0. The standard InChI is InChI=1S/C19H35N3O2S/c1-14(4-7-25(3,23)24)22-18(20-2)21-6-5-19-11-15-8-16(12-19)10-17(9-15)13-19/h14-17H,4-13H2,1-3H3,(H2,20,21,22). The van der Waals surface area contributed by atoms with Crippen molar-refractivity contribution in [1.29, 1.82) is 0 Å². The highest BCUT2D eigenvalue weighted by Gasteiger charge is 2.50. The summed E-state index contributed by atoms with van der Waals surface area (Å²) in [5.41, 5.74) is 0.586. The van der Waals surface area contributed by atoms with E-state index in [1.54, 1.807) is 7.05 Å². The third-order valence-electron chi connectivity index (χ3n) is 6.64. The van der Waals surface area contributed by atoms with Crippen LogP contribution in [-0.4, -0.2) is 46.0 Å². The van der Waals surface area contributed by atoms with Gasteiger partial charge in [-0.05, 0) is 81.5 Å². The average molecular weight is 370 g/mol. The highest BCUT2D eigenvalue weighted by molar-refractivity contribution is 7.90. The smallest absolute Gasteiger partial charge is 0.191 e. The first-order valence-corrected chi connectivity index (χ1v) is 12.0. The molecule has 144 valence electrons.